The van der Waals surface area contributed by atoms with Gasteiger partial charge in [-0.3, -0.25) is 9.59 Å². The van der Waals surface area contributed by atoms with E-state index < -0.39 is 6.04 Å². The van der Waals surface area contributed by atoms with Crippen LogP contribution in [0.4, 0.5) is 0 Å². The average molecular weight is 399 g/mol. The molecule has 1 saturated heterocycles. The first kappa shape index (κ1) is 19.8. The smallest absolute Gasteiger partial charge is 0.250 e. The molecule has 1 fully saturated rings. The second-order valence-corrected chi connectivity index (χ2v) is 8.37. The molecule has 9 nitrogen and oxygen atoms in total. The summed E-state index contributed by atoms with van der Waals surface area (Å²) in [6, 6.07) is 5.20. The molecule has 4 heterocycles. The van der Waals surface area contributed by atoms with Crippen molar-refractivity contribution >= 4 is 5.91 Å². The predicted octanol–water partition coefficient (Wildman–Crippen LogP) is 0.658. The molecular formula is C20H29N7O2. The first-order valence-electron chi connectivity index (χ1n) is 10.5. The van der Waals surface area contributed by atoms with Crippen LogP contribution in [-0.4, -0.2) is 61.8 Å². The van der Waals surface area contributed by atoms with Crippen LogP contribution in [0.1, 0.15) is 44.3 Å². The number of hydrogen-bond acceptors (Lipinski definition) is 6. The van der Waals surface area contributed by atoms with E-state index in [0.29, 0.717) is 18.4 Å². The second kappa shape index (κ2) is 8.44. The van der Waals surface area contributed by atoms with Crippen LogP contribution in [0.15, 0.2) is 29.3 Å². The van der Waals surface area contributed by atoms with Crippen molar-refractivity contribution in [3.05, 3.63) is 40.6 Å². The van der Waals surface area contributed by atoms with Crippen LogP contribution in [0.25, 0.3) is 0 Å². The van der Waals surface area contributed by atoms with Gasteiger partial charge in [0, 0.05) is 50.4 Å². The normalized spacial score (nSPS) is 23.2. The molecule has 0 aromatic carbocycles. The van der Waals surface area contributed by atoms with Gasteiger partial charge in [-0.05, 0) is 34.7 Å². The van der Waals surface area contributed by atoms with Crippen molar-refractivity contribution in [2.24, 2.45) is 11.8 Å². The number of tetrazole rings is 1. The monoisotopic (exact) mass is 399 g/mol. The van der Waals surface area contributed by atoms with E-state index in [-0.39, 0.29) is 17.4 Å². The number of carbonyl (C=O) groups is 1. The summed E-state index contributed by atoms with van der Waals surface area (Å²) in [4.78, 5) is 27.4. The lowest BCUT2D eigenvalue weighted by Crippen LogP contribution is -2.49. The molecule has 4 atom stereocenters. The lowest BCUT2D eigenvalue weighted by Gasteiger charge is -2.42. The van der Waals surface area contributed by atoms with Crippen molar-refractivity contribution in [3.63, 3.8) is 0 Å². The summed E-state index contributed by atoms with van der Waals surface area (Å²) < 4.78 is 3.49. The molecule has 2 aromatic rings. The van der Waals surface area contributed by atoms with Gasteiger partial charge >= 0.3 is 0 Å². The largest absolute Gasteiger partial charge is 0.353 e. The zero-order chi connectivity index (χ0) is 20.4. The topological polar surface area (TPSA) is 97.9 Å². The van der Waals surface area contributed by atoms with E-state index in [1.54, 1.807) is 10.7 Å². The van der Waals surface area contributed by atoms with E-state index in [1.807, 2.05) is 17.6 Å². The molecule has 1 N–H and O–H groups in total. The predicted molar refractivity (Wildman–Crippen MR) is 107 cm³/mol. The van der Waals surface area contributed by atoms with Crippen molar-refractivity contribution in [1.82, 2.24) is 35.0 Å². The first-order chi connectivity index (χ1) is 14.1. The number of rotatable bonds is 7. The number of nitrogens with zero attached hydrogens (tertiary/aromatic N) is 6. The van der Waals surface area contributed by atoms with E-state index >= 15 is 0 Å². The minimum Gasteiger partial charge on any atom is -0.353 e. The molecule has 0 saturated carbocycles. The van der Waals surface area contributed by atoms with Crippen molar-refractivity contribution in [2.45, 2.75) is 45.2 Å². The maximum atomic E-state index is 12.8. The fourth-order valence-corrected chi connectivity index (χ4v) is 4.78. The molecule has 0 aliphatic carbocycles. The van der Waals surface area contributed by atoms with Crippen LogP contribution in [0.2, 0.25) is 0 Å². The third-order valence-electron chi connectivity index (χ3n) is 6.38. The molecule has 1 amide bonds. The Morgan fingerprint density at radius 1 is 1.31 bits per heavy atom. The fraction of sp³-hybridized carbons (Fsp3) is 0.650. The van der Waals surface area contributed by atoms with E-state index in [1.165, 1.54) is 6.33 Å². The minimum atomic E-state index is -0.394. The molecule has 0 unspecified atom stereocenters. The lowest BCUT2D eigenvalue weighted by molar-refractivity contribution is -0.126. The maximum absolute atomic E-state index is 12.8. The van der Waals surface area contributed by atoms with Gasteiger partial charge in [0.05, 0.1) is 0 Å². The van der Waals surface area contributed by atoms with Crippen LogP contribution >= 0.6 is 0 Å². The first-order valence-corrected chi connectivity index (χ1v) is 10.5. The molecule has 156 valence electrons. The van der Waals surface area contributed by atoms with Crippen LogP contribution in [0.3, 0.4) is 0 Å². The summed E-state index contributed by atoms with van der Waals surface area (Å²) in [7, 11) is 0. The number of amides is 1. The standard InChI is InChI=1S/C20H29N7O2/c1-3-14(2)19(27-13-22-23-24-27)20(29)21-7-8-25-10-15-9-16(12-25)17-5-4-6-18(28)26(17)11-15/h4-6,13-16,19H,3,7-12H2,1-2H3,(H,21,29)/t14-,15+,16-,19-/m0/s1. The highest BCUT2D eigenvalue weighted by molar-refractivity contribution is 5.80. The number of pyridine rings is 1. The average Bonchev–Trinajstić information content (AvgIpc) is 3.23. The van der Waals surface area contributed by atoms with Gasteiger partial charge in [-0.1, -0.05) is 26.3 Å². The molecule has 2 aromatic heterocycles. The van der Waals surface area contributed by atoms with Gasteiger partial charge < -0.3 is 14.8 Å². The zero-order valence-electron chi connectivity index (χ0n) is 17.1. The van der Waals surface area contributed by atoms with Crippen molar-refractivity contribution in [2.75, 3.05) is 26.2 Å². The van der Waals surface area contributed by atoms with Gasteiger partial charge in [-0.15, -0.1) is 5.10 Å². The van der Waals surface area contributed by atoms with E-state index in [0.717, 1.165) is 44.7 Å². The quantitative estimate of drug-likeness (QED) is 0.734. The summed E-state index contributed by atoms with van der Waals surface area (Å²) in [5.74, 6) is 0.982. The number of aromatic nitrogens is 5. The van der Waals surface area contributed by atoms with E-state index in [4.69, 9.17) is 0 Å². The zero-order valence-corrected chi connectivity index (χ0v) is 17.1. The van der Waals surface area contributed by atoms with Gasteiger partial charge in [0.15, 0.2) is 0 Å². The Hall–Kier alpha value is -2.55. The summed E-state index contributed by atoms with van der Waals surface area (Å²) in [6.07, 6.45) is 3.51. The molecule has 2 aliphatic heterocycles. The highest BCUT2D eigenvalue weighted by atomic mass is 16.2. The Balaban J connectivity index is 1.34. The Labute approximate surface area is 170 Å². The Bertz CT molecular complexity index is 894. The summed E-state index contributed by atoms with van der Waals surface area (Å²) in [6.45, 7) is 8.19. The van der Waals surface area contributed by atoms with Crippen LogP contribution in [0, 0.1) is 11.8 Å². The van der Waals surface area contributed by atoms with Gasteiger partial charge in [0.1, 0.15) is 12.4 Å². The Kier molecular flexibility index (Phi) is 5.75. The molecule has 2 aliphatic rings. The molecule has 0 radical (unpaired) electrons. The number of likely N-dealkylation sites (tertiary alicyclic amines) is 1. The maximum Gasteiger partial charge on any atom is 0.250 e. The lowest BCUT2D eigenvalue weighted by atomic mass is 9.83. The summed E-state index contributed by atoms with van der Waals surface area (Å²) in [5, 5.41) is 14.3. The van der Waals surface area contributed by atoms with E-state index in [9.17, 15) is 9.59 Å². The number of fused-ring (bicyclic) bond motifs is 4. The summed E-state index contributed by atoms with van der Waals surface area (Å²) >= 11 is 0. The molecule has 4 rings (SSSR count). The fourth-order valence-electron chi connectivity index (χ4n) is 4.78. The highest BCUT2D eigenvalue weighted by Gasteiger charge is 2.34. The van der Waals surface area contributed by atoms with Crippen LogP contribution in [-0.2, 0) is 11.3 Å². The van der Waals surface area contributed by atoms with Crippen molar-refractivity contribution in [3.8, 4) is 0 Å². The summed E-state index contributed by atoms with van der Waals surface area (Å²) in [5.41, 5.74) is 1.26. The Morgan fingerprint density at radius 3 is 2.93 bits per heavy atom. The third kappa shape index (κ3) is 4.10. The van der Waals surface area contributed by atoms with Crippen LogP contribution in [0.5, 0.6) is 0 Å². The number of nitrogens with one attached hydrogen (secondary N) is 1. The van der Waals surface area contributed by atoms with Gasteiger partial charge in [0.2, 0.25) is 5.91 Å². The van der Waals surface area contributed by atoms with Gasteiger partial charge in [-0.2, -0.15) is 0 Å². The molecule has 0 spiro atoms. The SMILES string of the molecule is CC[C@H](C)[C@@H](C(=O)NCCN1C[C@H]2C[C@@H](C1)c1cccc(=O)n1C2)n1cnnn1. The number of piperidine rings is 1. The highest BCUT2D eigenvalue weighted by Crippen LogP contribution is 2.34. The van der Waals surface area contributed by atoms with Gasteiger partial charge in [-0.25, -0.2) is 4.68 Å². The van der Waals surface area contributed by atoms with E-state index in [2.05, 4.69) is 38.7 Å². The molecule has 2 bridgehead atoms. The molecular weight excluding hydrogens is 370 g/mol. The molecule has 29 heavy (non-hydrogen) atoms. The third-order valence-corrected chi connectivity index (χ3v) is 6.38. The van der Waals surface area contributed by atoms with Gasteiger partial charge in [0.25, 0.3) is 5.56 Å². The molecule has 9 heteroatoms. The second-order valence-electron chi connectivity index (χ2n) is 8.37. The minimum absolute atomic E-state index is 0.0410. The van der Waals surface area contributed by atoms with Crippen LogP contribution < -0.4 is 10.9 Å². The Morgan fingerprint density at radius 2 is 2.17 bits per heavy atom. The van der Waals surface area contributed by atoms with Crippen molar-refractivity contribution in [1.29, 1.82) is 0 Å². The number of carbonyl (C=O) groups excluding carboxylic acids is 1. The number of hydrogen-bond donors (Lipinski definition) is 1. The van der Waals surface area contributed by atoms with Crippen molar-refractivity contribution < 1.29 is 4.79 Å².